The summed E-state index contributed by atoms with van der Waals surface area (Å²) in [6, 6.07) is 26.2. The number of rotatable bonds is 7. The number of esters is 2. The third-order valence-corrected chi connectivity index (χ3v) is 6.04. The molecule has 1 N–H and O–H groups in total. The molecule has 0 unspecified atom stereocenters. The molecule has 0 amide bonds. The third-order valence-electron chi connectivity index (χ3n) is 6.04. The number of benzene rings is 3. The van der Waals surface area contributed by atoms with E-state index < -0.39 is 17.9 Å². The van der Waals surface area contributed by atoms with Gasteiger partial charge in [-0.25, -0.2) is 9.59 Å². The van der Waals surface area contributed by atoms with E-state index in [0.29, 0.717) is 28.1 Å². The monoisotopic (exact) mass is 477 g/mol. The molecule has 5 nitrogen and oxygen atoms in total. The second-order valence-electron chi connectivity index (χ2n) is 8.53. The van der Waals surface area contributed by atoms with Crippen LogP contribution in [0.3, 0.4) is 0 Å². The van der Waals surface area contributed by atoms with E-state index in [1.54, 1.807) is 26.0 Å². The van der Waals surface area contributed by atoms with Crippen LogP contribution in [0.5, 0.6) is 0 Å². The van der Waals surface area contributed by atoms with E-state index >= 15 is 0 Å². The van der Waals surface area contributed by atoms with Crippen LogP contribution in [-0.4, -0.2) is 11.9 Å². The van der Waals surface area contributed by atoms with Gasteiger partial charge in [-0.15, -0.1) is 6.42 Å². The van der Waals surface area contributed by atoms with Crippen LogP contribution in [-0.2, 0) is 32.3 Å². The van der Waals surface area contributed by atoms with Crippen molar-refractivity contribution >= 4 is 11.9 Å². The summed E-state index contributed by atoms with van der Waals surface area (Å²) in [5.41, 5.74) is 5.15. The second kappa shape index (κ2) is 11.2. The Labute approximate surface area is 211 Å². The number of ether oxygens (including phenoxy) is 2. The van der Waals surface area contributed by atoms with Crippen molar-refractivity contribution in [2.24, 2.45) is 0 Å². The molecule has 0 aromatic heterocycles. The highest BCUT2D eigenvalue weighted by Gasteiger charge is 2.38. The number of allylic oxidation sites excluding steroid dienone is 2. The molecule has 5 heteroatoms. The number of carbonyl (C=O) groups is 2. The van der Waals surface area contributed by atoms with Crippen LogP contribution in [0, 0.1) is 12.3 Å². The summed E-state index contributed by atoms with van der Waals surface area (Å²) in [4.78, 5) is 26.8. The first-order valence-corrected chi connectivity index (χ1v) is 11.6. The number of carbonyl (C=O) groups excluding carboxylic acids is 2. The number of hydrogen-bond donors (Lipinski definition) is 1. The van der Waals surface area contributed by atoms with Crippen LogP contribution < -0.4 is 5.32 Å². The van der Waals surface area contributed by atoms with E-state index in [9.17, 15) is 9.59 Å². The summed E-state index contributed by atoms with van der Waals surface area (Å²) in [5.74, 6) is 0.916. The standard InChI is InChI=1S/C31H27NO4/c1-4-23-15-17-26(18-16-23)29-27(30(33)35-19-24-11-7-5-8-12-24)21(2)32-22(3)28(29)31(34)36-20-25-13-9-6-10-14-25/h1,5-18,29,32H,19-20H2,2-3H3. The fraction of sp³-hybridized carbons (Fsp3) is 0.161. The van der Waals surface area contributed by atoms with Gasteiger partial charge in [0.2, 0.25) is 0 Å². The maximum atomic E-state index is 13.4. The average Bonchev–Trinajstić information content (AvgIpc) is 2.91. The molecule has 0 aliphatic carbocycles. The van der Waals surface area contributed by atoms with Gasteiger partial charge in [-0.2, -0.15) is 0 Å². The maximum Gasteiger partial charge on any atom is 0.337 e. The summed E-state index contributed by atoms with van der Waals surface area (Å²) in [5, 5.41) is 3.19. The van der Waals surface area contributed by atoms with E-state index in [1.807, 2.05) is 72.8 Å². The normalized spacial score (nSPS) is 13.6. The van der Waals surface area contributed by atoms with Gasteiger partial charge in [-0.3, -0.25) is 0 Å². The third kappa shape index (κ3) is 5.56. The van der Waals surface area contributed by atoms with Crippen molar-refractivity contribution in [2.45, 2.75) is 33.0 Å². The van der Waals surface area contributed by atoms with Crippen molar-refractivity contribution < 1.29 is 19.1 Å². The summed E-state index contributed by atoms with van der Waals surface area (Å²) in [7, 11) is 0. The van der Waals surface area contributed by atoms with E-state index in [1.165, 1.54) is 0 Å². The fourth-order valence-corrected chi connectivity index (χ4v) is 4.24. The molecule has 0 fully saturated rings. The van der Waals surface area contributed by atoms with Crippen molar-refractivity contribution in [3.63, 3.8) is 0 Å². The van der Waals surface area contributed by atoms with Gasteiger partial charge in [0.1, 0.15) is 13.2 Å². The summed E-state index contributed by atoms with van der Waals surface area (Å²) < 4.78 is 11.4. The predicted octanol–water partition coefficient (Wildman–Crippen LogP) is 5.39. The minimum atomic E-state index is -0.676. The van der Waals surface area contributed by atoms with Crippen molar-refractivity contribution in [2.75, 3.05) is 0 Å². The molecule has 1 aliphatic rings. The van der Waals surface area contributed by atoms with Gasteiger partial charge < -0.3 is 14.8 Å². The lowest BCUT2D eigenvalue weighted by Gasteiger charge is -2.30. The molecule has 0 radical (unpaired) electrons. The smallest absolute Gasteiger partial charge is 0.337 e. The Morgan fingerprint density at radius 2 is 1.19 bits per heavy atom. The highest BCUT2D eigenvalue weighted by Crippen LogP contribution is 2.39. The van der Waals surface area contributed by atoms with E-state index in [4.69, 9.17) is 15.9 Å². The topological polar surface area (TPSA) is 64.6 Å². The number of hydrogen-bond acceptors (Lipinski definition) is 5. The Hall–Kier alpha value is -4.56. The van der Waals surface area contributed by atoms with Crippen LogP contribution in [0.4, 0.5) is 0 Å². The van der Waals surface area contributed by atoms with Gasteiger partial charge in [-0.1, -0.05) is 78.7 Å². The molecule has 3 aromatic rings. The van der Waals surface area contributed by atoms with Gasteiger partial charge in [-0.05, 0) is 42.7 Å². The van der Waals surface area contributed by atoms with Crippen molar-refractivity contribution in [1.82, 2.24) is 5.32 Å². The lowest BCUT2D eigenvalue weighted by atomic mass is 9.80. The van der Waals surface area contributed by atoms with E-state index in [-0.39, 0.29) is 13.2 Å². The van der Waals surface area contributed by atoms with E-state index in [2.05, 4.69) is 11.2 Å². The number of dihydropyridines is 1. The van der Waals surface area contributed by atoms with Crippen LogP contribution in [0.15, 0.2) is 107 Å². The molecule has 0 saturated carbocycles. The molecule has 4 rings (SSSR count). The minimum Gasteiger partial charge on any atom is -0.457 e. The Balaban J connectivity index is 1.67. The molecule has 0 spiro atoms. The van der Waals surface area contributed by atoms with Gasteiger partial charge in [0.15, 0.2) is 0 Å². The van der Waals surface area contributed by atoms with Gasteiger partial charge in [0.25, 0.3) is 0 Å². The van der Waals surface area contributed by atoms with Crippen LogP contribution in [0.25, 0.3) is 0 Å². The molecule has 3 aromatic carbocycles. The Morgan fingerprint density at radius 1 is 0.750 bits per heavy atom. The first-order chi connectivity index (χ1) is 17.5. The summed E-state index contributed by atoms with van der Waals surface area (Å²) in [6.45, 7) is 3.85. The van der Waals surface area contributed by atoms with E-state index in [0.717, 1.165) is 16.7 Å². The summed E-state index contributed by atoms with van der Waals surface area (Å²) in [6.07, 6.45) is 5.54. The molecule has 36 heavy (non-hydrogen) atoms. The first-order valence-electron chi connectivity index (χ1n) is 11.6. The molecule has 1 heterocycles. The minimum absolute atomic E-state index is 0.121. The zero-order valence-electron chi connectivity index (χ0n) is 20.3. The first kappa shape index (κ1) is 24.6. The Bertz CT molecular complexity index is 1270. The predicted molar refractivity (Wildman–Crippen MR) is 138 cm³/mol. The van der Waals surface area contributed by atoms with Gasteiger partial charge in [0.05, 0.1) is 17.1 Å². The zero-order chi connectivity index (χ0) is 25.5. The van der Waals surface area contributed by atoms with Crippen molar-refractivity contribution in [3.05, 3.63) is 130 Å². The van der Waals surface area contributed by atoms with Crippen LogP contribution in [0.2, 0.25) is 0 Å². The highest BCUT2D eigenvalue weighted by atomic mass is 16.5. The zero-order valence-corrected chi connectivity index (χ0v) is 20.3. The lowest BCUT2D eigenvalue weighted by molar-refractivity contribution is -0.141. The van der Waals surface area contributed by atoms with Gasteiger partial charge >= 0.3 is 11.9 Å². The lowest BCUT2D eigenvalue weighted by Crippen LogP contribution is -2.32. The second-order valence-corrected chi connectivity index (χ2v) is 8.53. The molecule has 180 valence electrons. The molecule has 0 atom stereocenters. The largest absolute Gasteiger partial charge is 0.457 e. The Kier molecular flexibility index (Phi) is 7.67. The van der Waals surface area contributed by atoms with Crippen molar-refractivity contribution in [3.8, 4) is 12.3 Å². The molecule has 0 bridgehead atoms. The van der Waals surface area contributed by atoms with Crippen LogP contribution in [0.1, 0.15) is 42.0 Å². The fourth-order valence-electron chi connectivity index (χ4n) is 4.24. The average molecular weight is 478 g/mol. The molecule has 1 aliphatic heterocycles. The number of nitrogens with one attached hydrogen (secondary N) is 1. The maximum absolute atomic E-state index is 13.4. The summed E-state index contributed by atoms with van der Waals surface area (Å²) >= 11 is 0. The highest BCUT2D eigenvalue weighted by molar-refractivity contribution is 5.99. The SMILES string of the molecule is C#Cc1ccc(C2C(C(=O)OCc3ccccc3)=C(C)NC(C)=C2C(=O)OCc2ccccc2)cc1. The number of terminal acetylenes is 1. The molecular weight excluding hydrogens is 450 g/mol. The quantitative estimate of drug-likeness (QED) is 0.365. The van der Waals surface area contributed by atoms with Gasteiger partial charge in [0, 0.05) is 17.0 Å². The molecule has 0 saturated heterocycles. The van der Waals surface area contributed by atoms with Crippen molar-refractivity contribution in [1.29, 1.82) is 0 Å². The van der Waals surface area contributed by atoms with Crippen LogP contribution >= 0.6 is 0 Å². The molecular formula is C31H27NO4. The Morgan fingerprint density at radius 3 is 1.61 bits per heavy atom.